The summed E-state index contributed by atoms with van der Waals surface area (Å²) in [7, 11) is 0. The van der Waals surface area contributed by atoms with Gasteiger partial charge in [-0.25, -0.2) is 9.37 Å². The molecular weight excluding hydrogens is 291 g/mol. The molecule has 0 saturated heterocycles. The van der Waals surface area contributed by atoms with E-state index in [4.69, 9.17) is 16.3 Å². The van der Waals surface area contributed by atoms with Crippen molar-refractivity contribution in [3.8, 4) is 11.6 Å². The van der Waals surface area contributed by atoms with E-state index in [1.807, 2.05) is 6.07 Å². The number of nitrogens with one attached hydrogen (secondary N) is 1. The van der Waals surface area contributed by atoms with Crippen molar-refractivity contribution in [3.05, 3.63) is 52.9 Å². The number of benzene rings is 1. The van der Waals surface area contributed by atoms with E-state index in [0.29, 0.717) is 11.8 Å². The van der Waals surface area contributed by atoms with Gasteiger partial charge in [0.05, 0.1) is 5.02 Å². The van der Waals surface area contributed by atoms with Crippen LogP contribution in [0.2, 0.25) is 5.02 Å². The molecule has 1 aromatic carbocycles. The number of pyridine rings is 1. The van der Waals surface area contributed by atoms with Gasteiger partial charge in [-0.3, -0.25) is 0 Å². The molecule has 0 aliphatic carbocycles. The first-order valence-electron chi connectivity index (χ1n) is 6.84. The van der Waals surface area contributed by atoms with Gasteiger partial charge in [-0.1, -0.05) is 31.5 Å². The molecule has 3 nitrogen and oxygen atoms in total. The number of hydrogen-bond donors (Lipinski definition) is 1. The average Bonchev–Trinajstić information content (AvgIpc) is 2.44. The maximum absolute atomic E-state index is 13.8. The van der Waals surface area contributed by atoms with Crippen LogP contribution in [0.15, 0.2) is 36.5 Å². The zero-order valence-corrected chi connectivity index (χ0v) is 12.8. The zero-order valence-electron chi connectivity index (χ0n) is 12.1. The predicted molar refractivity (Wildman–Crippen MR) is 82.3 cm³/mol. The summed E-state index contributed by atoms with van der Waals surface area (Å²) in [5.74, 6) is 0.426. The van der Waals surface area contributed by atoms with E-state index in [1.165, 1.54) is 12.1 Å². The molecule has 0 aliphatic rings. The fourth-order valence-electron chi connectivity index (χ4n) is 1.80. The van der Waals surface area contributed by atoms with Crippen LogP contribution < -0.4 is 10.1 Å². The lowest BCUT2D eigenvalue weighted by Gasteiger charge is -2.10. The Kier molecular flexibility index (Phi) is 5.53. The van der Waals surface area contributed by atoms with Crippen LogP contribution in [-0.2, 0) is 6.54 Å². The summed E-state index contributed by atoms with van der Waals surface area (Å²) in [6.45, 7) is 5.95. The molecule has 0 spiro atoms. The topological polar surface area (TPSA) is 34.2 Å². The fraction of sp³-hybridized carbons (Fsp3) is 0.312. The standard InChI is InChI=1S/C16H18ClFN2O/c1-11(2)9-19-10-12-6-7-20-15(8-12)21-14-5-3-4-13(17)16(14)18/h3-8,11,19H,9-10H2,1-2H3. The van der Waals surface area contributed by atoms with Crippen molar-refractivity contribution in [1.29, 1.82) is 0 Å². The van der Waals surface area contributed by atoms with Gasteiger partial charge in [-0.2, -0.15) is 0 Å². The lowest BCUT2D eigenvalue weighted by Crippen LogP contribution is -2.18. The molecule has 2 aromatic rings. The second-order valence-electron chi connectivity index (χ2n) is 5.18. The number of ether oxygens (including phenoxy) is 1. The van der Waals surface area contributed by atoms with Gasteiger partial charge in [0.15, 0.2) is 11.6 Å². The summed E-state index contributed by atoms with van der Waals surface area (Å²) in [4.78, 5) is 4.09. The van der Waals surface area contributed by atoms with Crippen molar-refractivity contribution in [2.75, 3.05) is 6.54 Å². The minimum atomic E-state index is -0.579. The van der Waals surface area contributed by atoms with Crippen LogP contribution in [0, 0.1) is 11.7 Å². The Morgan fingerprint density at radius 3 is 2.90 bits per heavy atom. The van der Waals surface area contributed by atoms with Gasteiger partial charge < -0.3 is 10.1 Å². The molecule has 0 aliphatic heterocycles. The van der Waals surface area contributed by atoms with E-state index >= 15 is 0 Å². The Labute approximate surface area is 129 Å². The SMILES string of the molecule is CC(C)CNCc1ccnc(Oc2cccc(Cl)c2F)c1. The lowest BCUT2D eigenvalue weighted by atomic mass is 10.2. The monoisotopic (exact) mass is 308 g/mol. The molecular formula is C16H18ClFN2O. The first kappa shape index (κ1) is 15.7. The number of nitrogens with zero attached hydrogens (tertiary/aromatic N) is 1. The summed E-state index contributed by atoms with van der Waals surface area (Å²) in [5, 5.41) is 3.36. The molecule has 1 N–H and O–H groups in total. The predicted octanol–water partition coefficient (Wildman–Crippen LogP) is 4.41. The van der Waals surface area contributed by atoms with Gasteiger partial charge in [0.2, 0.25) is 5.88 Å². The van der Waals surface area contributed by atoms with Gasteiger partial charge in [0.1, 0.15) is 0 Å². The van der Waals surface area contributed by atoms with Crippen molar-refractivity contribution in [2.45, 2.75) is 20.4 Å². The summed E-state index contributed by atoms with van der Waals surface area (Å²) in [6.07, 6.45) is 1.64. The maximum atomic E-state index is 13.8. The van der Waals surface area contributed by atoms with Gasteiger partial charge in [-0.15, -0.1) is 0 Å². The number of hydrogen-bond acceptors (Lipinski definition) is 3. The van der Waals surface area contributed by atoms with Crippen molar-refractivity contribution in [1.82, 2.24) is 10.3 Å². The normalized spacial score (nSPS) is 10.9. The summed E-state index contributed by atoms with van der Waals surface area (Å²) in [6, 6.07) is 8.31. The highest BCUT2D eigenvalue weighted by atomic mass is 35.5. The van der Waals surface area contributed by atoms with E-state index in [1.54, 1.807) is 18.3 Å². The van der Waals surface area contributed by atoms with Gasteiger partial charge in [-0.05, 0) is 36.2 Å². The third kappa shape index (κ3) is 4.69. The van der Waals surface area contributed by atoms with E-state index in [9.17, 15) is 4.39 Å². The lowest BCUT2D eigenvalue weighted by molar-refractivity contribution is 0.426. The number of halogens is 2. The van der Waals surface area contributed by atoms with Crippen molar-refractivity contribution in [3.63, 3.8) is 0 Å². The minimum Gasteiger partial charge on any atom is -0.436 e. The second-order valence-corrected chi connectivity index (χ2v) is 5.59. The number of aromatic nitrogens is 1. The zero-order chi connectivity index (χ0) is 15.2. The maximum Gasteiger partial charge on any atom is 0.219 e. The van der Waals surface area contributed by atoms with Gasteiger partial charge >= 0.3 is 0 Å². The third-order valence-electron chi connectivity index (χ3n) is 2.81. The Morgan fingerprint density at radius 2 is 2.14 bits per heavy atom. The Bertz CT molecular complexity index is 605. The molecule has 0 saturated carbocycles. The Morgan fingerprint density at radius 1 is 1.33 bits per heavy atom. The summed E-state index contributed by atoms with van der Waals surface area (Å²) >= 11 is 5.72. The van der Waals surface area contributed by atoms with Crippen LogP contribution in [0.3, 0.4) is 0 Å². The first-order valence-corrected chi connectivity index (χ1v) is 7.21. The molecule has 0 unspecified atom stereocenters. The third-order valence-corrected chi connectivity index (χ3v) is 3.10. The molecule has 0 atom stereocenters. The minimum absolute atomic E-state index is 0.0299. The van der Waals surface area contributed by atoms with Gasteiger partial charge in [0, 0.05) is 18.8 Å². The van der Waals surface area contributed by atoms with Crippen molar-refractivity contribution >= 4 is 11.6 Å². The molecule has 1 aromatic heterocycles. The van der Waals surface area contributed by atoms with E-state index < -0.39 is 5.82 Å². The summed E-state index contributed by atoms with van der Waals surface area (Å²) in [5.41, 5.74) is 1.03. The summed E-state index contributed by atoms with van der Waals surface area (Å²) < 4.78 is 19.2. The molecule has 0 amide bonds. The molecule has 0 radical (unpaired) electrons. The number of rotatable bonds is 6. The van der Waals surface area contributed by atoms with Crippen LogP contribution in [0.5, 0.6) is 11.6 Å². The highest BCUT2D eigenvalue weighted by Crippen LogP contribution is 2.27. The largest absolute Gasteiger partial charge is 0.436 e. The quantitative estimate of drug-likeness (QED) is 0.858. The molecule has 2 rings (SSSR count). The van der Waals surface area contributed by atoms with Crippen LogP contribution in [-0.4, -0.2) is 11.5 Å². The van der Waals surface area contributed by atoms with Crippen LogP contribution in [0.4, 0.5) is 4.39 Å². The molecule has 0 bridgehead atoms. The van der Waals surface area contributed by atoms with E-state index in [2.05, 4.69) is 24.1 Å². The van der Waals surface area contributed by atoms with Crippen LogP contribution in [0.1, 0.15) is 19.4 Å². The Hall–Kier alpha value is -1.65. The fourth-order valence-corrected chi connectivity index (χ4v) is 1.96. The highest BCUT2D eigenvalue weighted by Gasteiger charge is 2.09. The smallest absolute Gasteiger partial charge is 0.219 e. The second kappa shape index (κ2) is 7.38. The average molecular weight is 309 g/mol. The molecule has 112 valence electrons. The molecule has 5 heteroatoms. The van der Waals surface area contributed by atoms with Crippen LogP contribution in [0.25, 0.3) is 0 Å². The van der Waals surface area contributed by atoms with Crippen molar-refractivity contribution < 1.29 is 9.13 Å². The molecule has 1 heterocycles. The first-order chi connectivity index (χ1) is 10.1. The Balaban J connectivity index is 2.05. The van der Waals surface area contributed by atoms with E-state index in [0.717, 1.165) is 18.7 Å². The van der Waals surface area contributed by atoms with Gasteiger partial charge in [0.25, 0.3) is 0 Å². The highest BCUT2D eigenvalue weighted by molar-refractivity contribution is 6.30. The van der Waals surface area contributed by atoms with Crippen molar-refractivity contribution in [2.24, 2.45) is 5.92 Å². The molecule has 0 fully saturated rings. The molecule has 21 heavy (non-hydrogen) atoms. The van der Waals surface area contributed by atoms with E-state index in [-0.39, 0.29) is 10.8 Å². The van der Waals surface area contributed by atoms with Crippen LogP contribution >= 0.6 is 11.6 Å².